The van der Waals surface area contributed by atoms with E-state index in [0.29, 0.717) is 5.56 Å². The average Bonchev–Trinajstić information content (AvgIpc) is 2.33. The molecule has 0 saturated carbocycles. The van der Waals surface area contributed by atoms with Crippen molar-refractivity contribution in [2.45, 2.75) is 27.2 Å². The lowest BCUT2D eigenvalue weighted by atomic mass is 10.1. The fraction of sp³-hybridized carbons (Fsp3) is 0.308. The summed E-state index contributed by atoms with van der Waals surface area (Å²) in [5, 5.41) is 0. The second-order valence-corrected chi connectivity index (χ2v) is 4.06. The number of aryl methyl sites for hydroxylation is 2. The third-order valence-electron chi connectivity index (χ3n) is 2.35. The Bertz CT molecular complexity index is 475. The third kappa shape index (κ3) is 3.69. The minimum absolute atomic E-state index is 0.102. The summed E-state index contributed by atoms with van der Waals surface area (Å²) in [5.41, 5.74) is 6.64. The van der Waals surface area contributed by atoms with Crippen LogP contribution in [0.1, 0.15) is 34.8 Å². The van der Waals surface area contributed by atoms with Crippen molar-refractivity contribution < 1.29 is 14.4 Å². The predicted molar refractivity (Wildman–Crippen MR) is 66.8 cm³/mol. The van der Waals surface area contributed by atoms with Gasteiger partial charge in [0, 0.05) is 12.0 Å². The Labute approximate surface area is 106 Å². The van der Waals surface area contributed by atoms with Gasteiger partial charge in [0.25, 0.3) is 5.91 Å². The molecule has 96 valence electrons. The Morgan fingerprint density at radius 1 is 1.00 bits per heavy atom. The van der Waals surface area contributed by atoms with Gasteiger partial charge in [0.15, 0.2) is 0 Å². The second kappa shape index (κ2) is 5.95. The maximum absolute atomic E-state index is 11.7. The van der Waals surface area contributed by atoms with Crippen LogP contribution in [0.5, 0.6) is 0 Å². The number of hydrogen-bond donors (Lipinski definition) is 2. The molecular weight excluding hydrogens is 232 g/mol. The molecule has 0 aliphatic rings. The van der Waals surface area contributed by atoms with E-state index in [1.54, 1.807) is 19.1 Å². The third-order valence-corrected chi connectivity index (χ3v) is 2.35. The van der Waals surface area contributed by atoms with E-state index in [1.165, 1.54) is 0 Å². The molecule has 0 bridgehead atoms. The SMILES string of the molecule is CCC(=O)C(=O)NNC(=O)c1cc(C)cc(C)c1. The quantitative estimate of drug-likeness (QED) is 0.620. The standard InChI is InChI=1S/C13H16N2O3/c1-4-11(16)13(18)15-14-12(17)10-6-8(2)5-9(3)7-10/h5-7H,4H2,1-3H3,(H,14,17)(H,15,18). The molecule has 2 amide bonds. The van der Waals surface area contributed by atoms with Gasteiger partial charge in [-0.3, -0.25) is 25.2 Å². The van der Waals surface area contributed by atoms with E-state index in [0.717, 1.165) is 11.1 Å². The van der Waals surface area contributed by atoms with Crippen LogP contribution in [0.25, 0.3) is 0 Å². The molecule has 5 nitrogen and oxygen atoms in total. The normalized spacial score (nSPS) is 9.72. The smallest absolute Gasteiger partial charge is 0.289 e. The lowest BCUT2D eigenvalue weighted by molar-refractivity contribution is -0.138. The summed E-state index contributed by atoms with van der Waals surface area (Å²) in [5.74, 6) is -1.83. The number of benzene rings is 1. The van der Waals surface area contributed by atoms with Crippen LogP contribution in [0, 0.1) is 13.8 Å². The highest BCUT2D eigenvalue weighted by atomic mass is 16.2. The van der Waals surface area contributed by atoms with Gasteiger partial charge in [-0.25, -0.2) is 0 Å². The van der Waals surface area contributed by atoms with Crippen LogP contribution in [0.2, 0.25) is 0 Å². The minimum atomic E-state index is -0.810. The molecule has 0 atom stereocenters. The monoisotopic (exact) mass is 248 g/mol. The van der Waals surface area contributed by atoms with Gasteiger partial charge in [-0.1, -0.05) is 24.1 Å². The van der Waals surface area contributed by atoms with Gasteiger partial charge in [-0.2, -0.15) is 0 Å². The number of nitrogens with one attached hydrogen (secondary N) is 2. The highest BCUT2D eigenvalue weighted by Gasteiger charge is 2.12. The molecule has 2 N–H and O–H groups in total. The second-order valence-electron chi connectivity index (χ2n) is 4.06. The lowest BCUT2D eigenvalue weighted by Gasteiger charge is -2.07. The van der Waals surface area contributed by atoms with Crippen molar-refractivity contribution >= 4 is 17.6 Å². The molecule has 0 spiro atoms. The minimum Gasteiger partial charge on any atom is -0.289 e. The molecule has 0 aromatic heterocycles. The first-order valence-corrected chi connectivity index (χ1v) is 5.66. The fourth-order valence-corrected chi connectivity index (χ4v) is 1.52. The van der Waals surface area contributed by atoms with Crippen molar-refractivity contribution in [3.8, 4) is 0 Å². The zero-order valence-electron chi connectivity index (χ0n) is 10.7. The van der Waals surface area contributed by atoms with Crippen LogP contribution in [0.15, 0.2) is 18.2 Å². The van der Waals surface area contributed by atoms with Gasteiger partial charge in [-0.05, 0) is 26.0 Å². The summed E-state index contributed by atoms with van der Waals surface area (Å²) >= 11 is 0. The average molecular weight is 248 g/mol. The number of ketones is 1. The van der Waals surface area contributed by atoms with Crippen LogP contribution in [0.4, 0.5) is 0 Å². The number of Topliss-reactive ketones (excluding diaryl/α,β-unsaturated/α-hetero) is 1. The number of carbonyl (C=O) groups is 3. The number of carbonyl (C=O) groups excluding carboxylic acids is 3. The summed E-state index contributed by atoms with van der Waals surface area (Å²) in [6.07, 6.45) is 0.102. The van der Waals surface area contributed by atoms with E-state index < -0.39 is 17.6 Å². The molecule has 1 aromatic rings. The van der Waals surface area contributed by atoms with Crippen molar-refractivity contribution in [2.75, 3.05) is 0 Å². The largest absolute Gasteiger partial charge is 0.305 e. The van der Waals surface area contributed by atoms with Crippen LogP contribution >= 0.6 is 0 Å². The van der Waals surface area contributed by atoms with E-state index in [9.17, 15) is 14.4 Å². The highest BCUT2D eigenvalue weighted by molar-refractivity contribution is 6.36. The van der Waals surface area contributed by atoms with Crippen molar-refractivity contribution in [1.82, 2.24) is 10.9 Å². The molecule has 0 radical (unpaired) electrons. The van der Waals surface area contributed by atoms with Gasteiger partial charge in [0.05, 0.1) is 0 Å². The van der Waals surface area contributed by atoms with E-state index in [-0.39, 0.29) is 6.42 Å². The van der Waals surface area contributed by atoms with Gasteiger partial charge in [0.1, 0.15) is 0 Å². The molecule has 5 heteroatoms. The fourth-order valence-electron chi connectivity index (χ4n) is 1.52. The van der Waals surface area contributed by atoms with Crippen molar-refractivity contribution in [3.05, 3.63) is 34.9 Å². The van der Waals surface area contributed by atoms with Crippen LogP contribution in [-0.4, -0.2) is 17.6 Å². The molecule has 1 rings (SSSR count). The maximum atomic E-state index is 11.7. The summed E-state index contributed by atoms with van der Waals surface area (Å²) in [6.45, 7) is 5.33. The number of hydrogen-bond acceptors (Lipinski definition) is 3. The van der Waals surface area contributed by atoms with E-state index in [4.69, 9.17) is 0 Å². The van der Waals surface area contributed by atoms with Crippen molar-refractivity contribution in [2.24, 2.45) is 0 Å². The summed E-state index contributed by atoms with van der Waals surface area (Å²) in [6, 6.07) is 5.35. The van der Waals surface area contributed by atoms with Crippen molar-refractivity contribution in [1.29, 1.82) is 0 Å². The molecule has 18 heavy (non-hydrogen) atoms. The van der Waals surface area contributed by atoms with E-state index >= 15 is 0 Å². The summed E-state index contributed by atoms with van der Waals surface area (Å²) < 4.78 is 0. The predicted octanol–water partition coefficient (Wildman–Crippen LogP) is 1.04. The molecule has 0 fully saturated rings. The Morgan fingerprint density at radius 2 is 1.56 bits per heavy atom. The van der Waals surface area contributed by atoms with Gasteiger partial charge in [-0.15, -0.1) is 0 Å². The molecule has 1 aromatic carbocycles. The molecular formula is C13H16N2O3. The molecule has 0 aliphatic carbocycles. The van der Waals surface area contributed by atoms with Crippen LogP contribution in [0.3, 0.4) is 0 Å². The number of rotatable bonds is 3. The Hall–Kier alpha value is -2.17. The lowest BCUT2D eigenvalue weighted by Crippen LogP contribution is -2.44. The van der Waals surface area contributed by atoms with Crippen LogP contribution in [-0.2, 0) is 9.59 Å². The van der Waals surface area contributed by atoms with E-state index in [1.807, 2.05) is 19.9 Å². The first-order valence-electron chi connectivity index (χ1n) is 5.66. The molecule has 0 aliphatic heterocycles. The Morgan fingerprint density at radius 3 is 2.06 bits per heavy atom. The topological polar surface area (TPSA) is 75.3 Å². The van der Waals surface area contributed by atoms with Gasteiger partial charge >= 0.3 is 5.91 Å². The van der Waals surface area contributed by atoms with Crippen molar-refractivity contribution in [3.63, 3.8) is 0 Å². The van der Waals surface area contributed by atoms with Gasteiger partial charge in [0.2, 0.25) is 5.78 Å². The molecule has 0 unspecified atom stereocenters. The van der Waals surface area contributed by atoms with Gasteiger partial charge < -0.3 is 0 Å². The Balaban J connectivity index is 2.66. The zero-order valence-corrected chi connectivity index (χ0v) is 10.7. The summed E-state index contributed by atoms with van der Waals surface area (Å²) in [7, 11) is 0. The first-order chi connectivity index (χ1) is 8.43. The Kier molecular flexibility index (Phi) is 4.59. The van der Waals surface area contributed by atoms with E-state index in [2.05, 4.69) is 10.9 Å². The molecule has 0 heterocycles. The zero-order chi connectivity index (χ0) is 13.7. The molecule has 0 saturated heterocycles. The summed E-state index contributed by atoms with van der Waals surface area (Å²) in [4.78, 5) is 33.9. The highest BCUT2D eigenvalue weighted by Crippen LogP contribution is 2.08. The number of hydrazine groups is 1. The maximum Gasteiger partial charge on any atom is 0.305 e. The van der Waals surface area contributed by atoms with Crippen LogP contribution < -0.4 is 10.9 Å². The number of amides is 2. The first kappa shape index (κ1) is 13.9.